The molecule has 0 saturated carbocycles. The molecule has 112 valence electrons. The van der Waals surface area contributed by atoms with Gasteiger partial charge >= 0.3 is 0 Å². The van der Waals surface area contributed by atoms with Crippen molar-refractivity contribution in [1.82, 2.24) is 9.97 Å². The first-order valence-corrected chi connectivity index (χ1v) is 6.75. The zero-order chi connectivity index (χ0) is 15.7. The fourth-order valence-corrected chi connectivity index (χ4v) is 2.64. The second kappa shape index (κ2) is 5.55. The van der Waals surface area contributed by atoms with Crippen LogP contribution in [0.3, 0.4) is 0 Å². The first-order chi connectivity index (χ1) is 10.7. The van der Waals surface area contributed by atoms with Gasteiger partial charge in [-0.15, -0.1) is 0 Å². The van der Waals surface area contributed by atoms with Crippen molar-refractivity contribution in [3.05, 3.63) is 47.5 Å². The lowest BCUT2D eigenvalue weighted by Crippen LogP contribution is -2.21. The number of methoxy groups -OCH3 is 2. The number of hydrogen-bond donors (Lipinski definition) is 0. The lowest BCUT2D eigenvalue weighted by atomic mass is 9.97. The maximum atomic E-state index is 12.5. The summed E-state index contributed by atoms with van der Waals surface area (Å²) in [5.74, 6) is -0.272. The van der Waals surface area contributed by atoms with E-state index in [1.807, 2.05) is 0 Å². The van der Waals surface area contributed by atoms with Gasteiger partial charge in [0, 0.05) is 18.0 Å². The molecule has 3 rings (SSSR count). The van der Waals surface area contributed by atoms with E-state index in [1.165, 1.54) is 32.8 Å². The van der Waals surface area contributed by atoms with E-state index in [1.54, 1.807) is 12.1 Å². The molecule has 0 fully saturated rings. The molecule has 1 aromatic heterocycles. The predicted octanol–water partition coefficient (Wildman–Crippen LogP) is 1.73. The van der Waals surface area contributed by atoms with E-state index in [-0.39, 0.29) is 17.3 Å². The van der Waals surface area contributed by atoms with Crippen LogP contribution < -0.4 is 9.47 Å². The number of fused-ring (bicyclic) bond motifs is 1. The Labute approximate surface area is 127 Å². The predicted molar refractivity (Wildman–Crippen MR) is 77.4 cm³/mol. The third-order valence-corrected chi connectivity index (χ3v) is 3.75. The van der Waals surface area contributed by atoms with Crippen LogP contribution in [0.5, 0.6) is 11.5 Å². The molecule has 0 N–H and O–H groups in total. The number of hydrogen-bond acceptors (Lipinski definition) is 6. The Hall–Kier alpha value is -2.76. The van der Waals surface area contributed by atoms with E-state index in [9.17, 15) is 9.59 Å². The Morgan fingerprint density at radius 2 is 1.91 bits per heavy atom. The number of Topliss-reactive ketones (excluding diaryl/α,β-unsaturated/α-hetero) is 2. The Balaban J connectivity index is 1.96. The number of ketones is 2. The quantitative estimate of drug-likeness (QED) is 0.632. The highest BCUT2D eigenvalue weighted by Gasteiger charge is 2.37. The SMILES string of the molecule is COc1cc2c(cc1OC)C(=O)C(C(=O)c1cnccn1)C2. The highest BCUT2D eigenvalue weighted by atomic mass is 16.5. The summed E-state index contributed by atoms with van der Waals surface area (Å²) in [6.45, 7) is 0. The molecule has 22 heavy (non-hydrogen) atoms. The van der Waals surface area contributed by atoms with Crippen LogP contribution in [-0.4, -0.2) is 35.8 Å². The minimum atomic E-state index is -0.761. The molecule has 1 unspecified atom stereocenters. The summed E-state index contributed by atoms with van der Waals surface area (Å²) in [5, 5.41) is 0. The van der Waals surface area contributed by atoms with Gasteiger partial charge in [-0.2, -0.15) is 0 Å². The van der Waals surface area contributed by atoms with E-state index in [2.05, 4.69) is 9.97 Å². The van der Waals surface area contributed by atoms with Crippen LogP contribution in [0.15, 0.2) is 30.7 Å². The van der Waals surface area contributed by atoms with Crippen molar-refractivity contribution < 1.29 is 19.1 Å². The fourth-order valence-electron chi connectivity index (χ4n) is 2.64. The largest absolute Gasteiger partial charge is 0.493 e. The molecule has 1 aromatic carbocycles. The van der Waals surface area contributed by atoms with Crippen molar-refractivity contribution in [3.8, 4) is 11.5 Å². The van der Waals surface area contributed by atoms with Gasteiger partial charge in [0.1, 0.15) is 5.69 Å². The minimum absolute atomic E-state index is 0.201. The lowest BCUT2D eigenvalue weighted by molar-refractivity contribution is 0.0819. The zero-order valence-corrected chi connectivity index (χ0v) is 12.2. The molecule has 1 atom stereocenters. The van der Waals surface area contributed by atoms with Crippen LogP contribution in [-0.2, 0) is 6.42 Å². The first-order valence-electron chi connectivity index (χ1n) is 6.75. The number of carbonyl (C=O) groups excluding carboxylic acids is 2. The second-order valence-corrected chi connectivity index (χ2v) is 4.94. The average molecular weight is 298 g/mol. The van der Waals surface area contributed by atoms with Gasteiger partial charge in [0.2, 0.25) is 0 Å². The zero-order valence-electron chi connectivity index (χ0n) is 12.2. The summed E-state index contributed by atoms with van der Waals surface area (Å²) in [4.78, 5) is 32.8. The molecule has 0 spiro atoms. The van der Waals surface area contributed by atoms with E-state index in [0.717, 1.165) is 5.56 Å². The average Bonchev–Trinajstić information content (AvgIpc) is 2.89. The minimum Gasteiger partial charge on any atom is -0.493 e. The summed E-state index contributed by atoms with van der Waals surface area (Å²) < 4.78 is 10.4. The van der Waals surface area contributed by atoms with Crippen molar-refractivity contribution >= 4 is 11.6 Å². The van der Waals surface area contributed by atoms with E-state index in [0.29, 0.717) is 23.5 Å². The Kier molecular flexibility index (Phi) is 3.58. The summed E-state index contributed by atoms with van der Waals surface area (Å²) >= 11 is 0. The Bertz CT molecular complexity index is 743. The maximum Gasteiger partial charge on any atom is 0.193 e. The van der Waals surface area contributed by atoms with E-state index >= 15 is 0 Å². The monoisotopic (exact) mass is 298 g/mol. The van der Waals surface area contributed by atoms with Crippen LogP contribution in [0, 0.1) is 5.92 Å². The van der Waals surface area contributed by atoms with E-state index in [4.69, 9.17) is 9.47 Å². The molecular weight excluding hydrogens is 284 g/mol. The molecule has 0 bridgehead atoms. The number of ether oxygens (including phenoxy) is 2. The van der Waals surface area contributed by atoms with Crippen LogP contribution >= 0.6 is 0 Å². The van der Waals surface area contributed by atoms with Gasteiger partial charge in [-0.1, -0.05) is 0 Å². The van der Waals surface area contributed by atoms with Crippen LogP contribution in [0.4, 0.5) is 0 Å². The molecule has 2 aromatic rings. The molecule has 0 amide bonds. The Morgan fingerprint density at radius 1 is 1.18 bits per heavy atom. The molecule has 0 aliphatic heterocycles. The number of carbonyl (C=O) groups is 2. The van der Waals surface area contributed by atoms with Crippen LogP contribution in [0.1, 0.15) is 26.4 Å². The van der Waals surface area contributed by atoms with E-state index < -0.39 is 5.92 Å². The smallest absolute Gasteiger partial charge is 0.193 e. The molecule has 1 heterocycles. The molecule has 1 aliphatic carbocycles. The van der Waals surface area contributed by atoms with Gasteiger partial charge in [-0.25, -0.2) is 4.98 Å². The second-order valence-electron chi connectivity index (χ2n) is 4.94. The van der Waals surface area contributed by atoms with Crippen molar-refractivity contribution in [1.29, 1.82) is 0 Å². The third-order valence-electron chi connectivity index (χ3n) is 3.75. The van der Waals surface area contributed by atoms with Gasteiger partial charge in [0.25, 0.3) is 0 Å². The topological polar surface area (TPSA) is 78.4 Å². The van der Waals surface area contributed by atoms with Gasteiger partial charge < -0.3 is 9.47 Å². The molecule has 1 aliphatic rings. The van der Waals surface area contributed by atoms with Crippen molar-refractivity contribution in [2.45, 2.75) is 6.42 Å². The van der Waals surface area contributed by atoms with Gasteiger partial charge in [0.15, 0.2) is 23.1 Å². The first kappa shape index (κ1) is 14.2. The Morgan fingerprint density at radius 3 is 2.55 bits per heavy atom. The van der Waals surface area contributed by atoms with Crippen molar-refractivity contribution in [2.75, 3.05) is 14.2 Å². The summed E-state index contributed by atoms with van der Waals surface area (Å²) in [6.07, 6.45) is 4.63. The molecule has 0 saturated heterocycles. The fraction of sp³-hybridized carbons (Fsp3) is 0.250. The molecule has 0 radical (unpaired) electrons. The summed E-state index contributed by atoms with van der Waals surface area (Å²) in [6, 6.07) is 3.37. The lowest BCUT2D eigenvalue weighted by Gasteiger charge is -2.09. The molecule has 6 heteroatoms. The van der Waals surface area contributed by atoms with Gasteiger partial charge in [-0.3, -0.25) is 14.6 Å². The number of benzene rings is 1. The molecule has 6 nitrogen and oxygen atoms in total. The highest BCUT2D eigenvalue weighted by Crippen LogP contribution is 2.37. The maximum absolute atomic E-state index is 12.5. The highest BCUT2D eigenvalue weighted by molar-refractivity contribution is 6.18. The normalized spacial score (nSPS) is 16.3. The number of nitrogens with zero attached hydrogens (tertiary/aromatic N) is 2. The van der Waals surface area contributed by atoms with Crippen molar-refractivity contribution in [2.24, 2.45) is 5.92 Å². The standard InChI is InChI=1S/C16H14N2O4/c1-21-13-6-9-5-11(15(19)10(9)7-14(13)22-2)16(20)12-8-17-3-4-18-12/h3-4,6-8,11H,5H2,1-2H3. The summed E-state index contributed by atoms with van der Waals surface area (Å²) in [7, 11) is 3.04. The third kappa shape index (κ3) is 2.22. The number of aromatic nitrogens is 2. The molecular formula is C16H14N2O4. The van der Waals surface area contributed by atoms with Crippen LogP contribution in [0.25, 0.3) is 0 Å². The summed E-state index contributed by atoms with van der Waals surface area (Å²) in [5.41, 5.74) is 1.48. The van der Waals surface area contributed by atoms with Gasteiger partial charge in [0.05, 0.1) is 26.3 Å². The van der Waals surface area contributed by atoms with Crippen molar-refractivity contribution in [3.63, 3.8) is 0 Å². The number of rotatable bonds is 4. The van der Waals surface area contributed by atoms with Gasteiger partial charge in [-0.05, 0) is 24.1 Å². The van der Waals surface area contributed by atoms with Crippen LogP contribution in [0.2, 0.25) is 0 Å².